The summed E-state index contributed by atoms with van der Waals surface area (Å²) in [6.45, 7) is 7.67. The Morgan fingerprint density at radius 3 is 2.59 bits per heavy atom. The fourth-order valence-electron chi connectivity index (χ4n) is 2.21. The van der Waals surface area contributed by atoms with Crippen molar-refractivity contribution in [3.8, 4) is 0 Å². The van der Waals surface area contributed by atoms with Crippen LogP contribution in [0.4, 0.5) is 0 Å². The van der Waals surface area contributed by atoms with E-state index in [1.165, 1.54) is 30.7 Å². The molecule has 0 fully saturated rings. The molecule has 1 N–H and O–H groups in total. The lowest BCUT2D eigenvalue weighted by Gasteiger charge is -2.13. The van der Waals surface area contributed by atoms with Crippen LogP contribution < -0.4 is 5.32 Å². The zero-order valence-corrected chi connectivity index (χ0v) is 11.8. The number of hydrogen-bond donors (Lipinski definition) is 1. The van der Waals surface area contributed by atoms with Gasteiger partial charge in [0.25, 0.3) is 0 Å². The van der Waals surface area contributed by atoms with Crippen LogP contribution in [0.5, 0.6) is 0 Å². The van der Waals surface area contributed by atoms with Crippen molar-refractivity contribution in [2.45, 2.75) is 65.5 Å². The second-order valence-electron chi connectivity index (χ2n) is 4.59. The number of nitrogens with one attached hydrogen (secondary N) is 1. The highest BCUT2D eigenvalue weighted by Gasteiger charge is 2.06. The molecule has 0 aromatic carbocycles. The number of nitrogens with zero attached hydrogens (tertiary/aromatic N) is 2. The Labute approximate surface area is 106 Å². The molecule has 17 heavy (non-hydrogen) atoms. The van der Waals surface area contributed by atoms with Gasteiger partial charge in [-0.15, -0.1) is 0 Å². The van der Waals surface area contributed by atoms with Gasteiger partial charge in [0.05, 0.1) is 5.69 Å². The van der Waals surface area contributed by atoms with Gasteiger partial charge < -0.3 is 5.32 Å². The van der Waals surface area contributed by atoms with E-state index in [0.717, 1.165) is 19.4 Å². The number of hydrogen-bond acceptors (Lipinski definition) is 2. The van der Waals surface area contributed by atoms with Crippen LogP contribution in [-0.4, -0.2) is 22.9 Å². The Morgan fingerprint density at radius 1 is 1.29 bits per heavy atom. The zero-order chi connectivity index (χ0) is 12.7. The maximum absolute atomic E-state index is 4.64. The van der Waals surface area contributed by atoms with E-state index in [0.29, 0.717) is 6.04 Å². The summed E-state index contributed by atoms with van der Waals surface area (Å²) in [7, 11) is 2.05. The number of aryl methyl sites for hydroxylation is 3. The molecule has 0 aliphatic rings. The Balaban J connectivity index is 2.47. The SMILES string of the molecule is CCc1cc(CC)n(CCCC(CC)NC)n1. The van der Waals surface area contributed by atoms with Crippen molar-refractivity contribution in [3.63, 3.8) is 0 Å². The van der Waals surface area contributed by atoms with Crippen LogP contribution in [0.1, 0.15) is 51.4 Å². The van der Waals surface area contributed by atoms with Crippen molar-refractivity contribution in [3.05, 3.63) is 17.5 Å². The van der Waals surface area contributed by atoms with Gasteiger partial charge in [-0.2, -0.15) is 5.10 Å². The topological polar surface area (TPSA) is 29.9 Å². The van der Waals surface area contributed by atoms with Crippen LogP contribution in [0.15, 0.2) is 6.07 Å². The van der Waals surface area contributed by atoms with Gasteiger partial charge >= 0.3 is 0 Å². The molecule has 0 aliphatic heterocycles. The van der Waals surface area contributed by atoms with Crippen molar-refractivity contribution in [2.24, 2.45) is 0 Å². The minimum absolute atomic E-state index is 0.654. The molecule has 1 aromatic heterocycles. The van der Waals surface area contributed by atoms with Gasteiger partial charge in [0, 0.05) is 18.3 Å². The van der Waals surface area contributed by atoms with Crippen LogP contribution in [0.25, 0.3) is 0 Å². The quantitative estimate of drug-likeness (QED) is 0.753. The van der Waals surface area contributed by atoms with Crippen LogP contribution in [0, 0.1) is 0 Å². The normalized spacial score (nSPS) is 12.9. The molecule has 1 aromatic rings. The average molecular weight is 237 g/mol. The third-order valence-electron chi connectivity index (χ3n) is 3.46. The van der Waals surface area contributed by atoms with Crippen molar-refractivity contribution in [2.75, 3.05) is 7.05 Å². The molecule has 3 nitrogen and oxygen atoms in total. The third kappa shape index (κ3) is 4.15. The molecule has 1 rings (SSSR count). The van der Waals surface area contributed by atoms with E-state index in [2.05, 4.69) is 49.0 Å². The lowest BCUT2D eigenvalue weighted by atomic mass is 10.1. The summed E-state index contributed by atoms with van der Waals surface area (Å²) in [6, 6.07) is 2.90. The molecule has 0 saturated carbocycles. The molecule has 0 amide bonds. The van der Waals surface area contributed by atoms with E-state index in [9.17, 15) is 0 Å². The van der Waals surface area contributed by atoms with Gasteiger partial charge in [0.2, 0.25) is 0 Å². The smallest absolute Gasteiger partial charge is 0.0624 e. The van der Waals surface area contributed by atoms with Crippen molar-refractivity contribution in [1.29, 1.82) is 0 Å². The maximum Gasteiger partial charge on any atom is 0.0624 e. The van der Waals surface area contributed by atoms with Gasteiger partial charge in [0.15, 0.2) is 0 Å². The summed E-state index contributed by atoms with van der Waals surface area (Å²) >= 11 is 0. The van der Waals surface area contributed by atoms with Crippen LogP contribution in [-0.2, 0) is 19.4 Å². The number of rotatable bonds is 8. The van der Waals surface area contributed by atoms with E-state index < -0.39 is 0 Å². The highest BCUT2D eigenvalue weighted by molar-refractivity contribution is 5.10. The highest BCUT2D eigenvalue weighted by Crippen LogP contribution is 2.09. The fraction of sp³-hybridized carbons (Fsp3) is 0.786. The van der Waals surface area contributed by atoms with Crippen LogP contribution in [0.3, 0.4) is 0 Å². The first kappa shape index (κ1) is 14.2. The standard InChI is InChI=1S/C14H27N3/c1-5-12(15-4)9-8-10-17-14(7-3)11-13(6-2)16-17/h11-12,15H,5-10H2,1-4H3. The van der Waals surface area contributed by atoms with Crippen molar-refractivity contribution >= 4 is 0 Å². The summed E-state index contributed by atoms with van der Waals surface area (Å²) < 4.78 is 2.20. The average Bonchev–Trinajstić information content (AvgIpc) is 2.77. The molecule has 0 spiro atoms. The first-order valence-corrected chi connectivity index (χ1v) is 6.97. The summed E-state index contributed by atoms with van der Waals surface area (Å²) in [5.41, 5.74) is 2.60. The molecule has 1 atom stereocenters. The van der Waals surface area contributed by atoms with E-state index >= 15 is 0 Å². The summed E-state index contributed by atoms with van der Waals surface area (Å²) in [6.07, 6.45) is 5.76. The molecular formula is C14H27N3. The Morgan fingerprint density at radius 2 is 2.06 bits per heavy atom. The minimum atomic E-state index is 0.654. The molecule has 0 radical (unpaired) electrons. The predicted molar refractivity (Wildman–Crippen MR) is 73.4 cm³/mol. The molecule has 98 valence electrons. The highest BCUT2D eigenvalue weighted by atomic mass is 15.3. The minimum Gasteiger partial charge on any atom is -0.317 e. The molecule has 1 heterocycles. The first-order valence-electron chi connectivity index (χ1n) is 6.97. The Kier molecular flexibility index (Phi) is 6.27. The van der Waals surface area contributed by atoms with Crippen LogP contribution >= 0.6 is 0 Å². The number of aromatic nitrogens is 2. The monoisotopic (exact) mass is 237 g/mol. The lowest BCUT2D eigenvalue weighted by molar-refractivity contribution is 0.450. The third-order valence-corrected chi connectivity index (χ3v) is 3.46. The molecule has 0 aliphatic carbocycles. The lowest BCUT2D eigenvalue weighted by Crippen LogP contribution is -2.24. The molecule has 3 heteroatoms. The predicted octanol–water partition coefficient (Wildman–Crippen LogP) is 2.79. The second kappa shape index (κ2) is 7.49. The van der Waals surface area contributed by atoms with E-state index in [1.807, 2.05) is 0 Å². The zero-order valence-electron chi connectivity index (χ0n) is 11.8. The van der Waals surface area contributed by atoms with E-state index in [1.54, 1.807) is 0 Å². The van der Waals surface area contributed by atoms with Gasteiger partial charge in [-0.1, -0.05) is 20.8 Å². The first-order chi connectivity index (χ1) is 8.24. The Bertz CT molecular complexity index is 313. The fourth-order valence-corrected chi connectivity index (χ4v) is 2.21. The van der Waals surface area contributed by atoms with Gasteiger partial charge in [-0.05, 0) is 45.2 Å². The van der Waals surface area contributed by atoms with Gasteiger partial charge in [-0.3, -0.25) is 4.68 Å². The van der Waals surface area contributed by atoms with Crippen molar-refractivity contribution < 1.29 is 0 Å². The van der Waals surface area contributed by atoms with Gasteiger partial charge in [-0.25, -0.2) is 0 Å². The molecular weight excluding hydrogens is 210 g/mol. The van der Waals surface area contributed by atoms with Crippen molar-refractivity contribution in [1.82, 2.24) is 15.1 Å². The van der Waals surface area contributed by atoms with Gasteiger partial charge in [0.1, 0.15) is 0 Å². The molecule has 0 bridgehead atoms. The van der Waals surface area contributed by atoms with Crippen LogP contribution in [0.2, 0.25) is 0 Å². The summed E-state index contributed by atoms with van der Waals surface area (Å²) in [5, 5.41) is 8.00. The molecule has 0 saturated heterocycles. The van der Waals surface area contributed by atoms with E-state index in [-0.39, 0.29) is 0 Å². The second-order valence-corrected chi connectivity index (χ2v) is 4.59. The largest absolute Gasteiger partial charge is 0.317 e. The Hall–Kier alpha value is -0.830. The summed E-state index contributed by atoms with van der Waals surface area (Å²) in [5.74, 6) is 0. The maximum atomic E-state index is 4.64. The molecule has 1 unspecified atom stereocenters. The van der Waals surface area contributed by atoms with E-state index in [4.69, 9.17) is 0 Å². The summed E-state index contributed by atoms with van der Waals surface area (Å²) in [4.78, 5) is 0.